The fraction of sp³-hybridized carbons (Fsp3) is 0.625. The molecule has 1 aromatic heterocycles. The summed E-state index contributed by atoms with van der Waals surface area (Å²) >= 11 is 0.0170. The fourth-order valence-corrected chi connectivity index (χ4v) is 2.87. The first-order chi connectivity index (χ1) is 7.18. The Morgan fingerprint density at radius 3 is 3.07 bits per heavy atom. The second-order valence-electron chi connectivity index (χ2n) is 3.32. The Morgan fingerprint density at radius 1 is 1.67 bits per heavy atom. The first-order valence-corrected chi connectivity index (χ1v) is 6.84. The van der Waals surface area contributed by atoms with E-state index in [2.05, 4.69) is 5.10 Å². The van der Waals surface area contributed by atoms with Crippen LogP contribution in [0.4, 0.5) is 0 Å². The van der Waals surface area contributed by atoms with Gasteiger partial charge in [0.05, 0.1) is 0 Å². The van der Waals surface area contributed by atoms with Gasteiger partial charge in [-0.15, -0.1) is 0 Å². The van der Waals surface area contributed by atoms with Crippen LogP contribution in [0.1, 0.15) is 25.5 Å². The van der Waals surface area contributed by atoms with E-state index in [1.807, 2.05) is 22.6 Å². The van der Waals surface area contributed by atoms with Gasteiger partial charge in [-0.1, -0.05) is 0 Å². The molecular weight excluding hydrogens is 331 g/mol. The highest BCUT2D eigenvalue weighted by Gasteiger charge is 2.22. The normalized spacial score (nSPS) is 24.0. The van der Waals surface area contributed by atoms with Gasteiger partial charge in [0.15, 0.2) is 11.3 Å². The van der Waals surface area contributed by atoms with E-state index < -0.39 is 11.1 Å². The van der Waals surface area contributed by atoms with Gasteiger partial charge in [0, 0.05) is 12.7 Å². The standard InChI is InChI=1S/C8H11IN2O3S/c9-6-5-8(15(12)13)11(10-6)7-3-1-2-4-14-7/h5,7H,1-4H2,(H,12,13). The highest BCUT2D eigenvalue weighted by molar-refractivity contribution is 14.1. The van der Waals surface area contributed by atoms with Crippen LogP contribution >= 0.6 is 22.6 Å². The topological polar surface area (TPSA) is 64.3 Å². The third kappa shape index (κ3) is 2.58. The van der Waals surface area contributed by atoms with Crippen molar-refractivity contribution in [3.8, 4) is 0 Å². The van der Waals surface area contributed by atoms with Crippen LogP contribution in [-0.4, -0.2) is 25.1 Å². The van der Waals surface area contributed by atoms with Gasteiger partial charge in [0.25, 0.3) is 0 Å². The molecule has 1 fully saturated rings. The van der Waals surface area contributed by atoms with Crippen LogP contribution in [0.25, 0.3) is 0 Å². The van der Waals surface area contributed by atoms with Gasteiger partial charge in [-0.2, -0.15) is 5.10 Å². The zero-order chi connectivity index (χ0) is 10.8. The Morgan fingerprint density at radius 2 is 2.47 bits per heavy atom. The van der Waals surface area contributed by atoms with E-state index in [1.165, 1.54) is 4.68 Å². The minimum atomic E-state index is -2.01. The number of hydrogen-bond donors (Lipinski definition) is 1. The Bertz CT molecular complexity index is 376. The molecule has 1 saturated heterocycles. The summed E-state index contributed by atoms with van der Waals surface area (Å²) in [6.45, 7) is 0.693. The van der Waals surface area contributed by atoms with Crippen LogP contribution in [0.3, 0.4) is 0 Å². The lowest BCUT2D eigenvalue weighted by atomic mass is 10.2. The highest BCUT2D eigenvalue weighted by atomic mass is 127. The molecule has 2 rings (SSSR count). The Balaban J connectivity index is 2.28. The molecule has 15 heavy (non-hydrogen) atoms. The molecule has 0 aliphatic carbocycles. The van der Waals surface area contributed by atoms with Crippen LogP contribution in [0, 0.1) is 3.70 Å². The Labute approximate surface area is 104 Å². The van der Waals surface area contributed by atoms with Gasteiger partial charge < -0.3 is 9.29 Å². The summed E-state index contributed by atoms with van der Waals surface area (Å²) in [6.07, 6.45) is 2.78. The van der Waals surface area contributed by atoms with Crippen LogP contribution in [0.2, 0.25) is 0 Å². The molecule has 2 heterocycles. The zero-order valence-corrected chi connectivity index (χ0v) is 10.9. The van der Waals surface area contributed by atoms with E-state index in [9.17, 15) is 4.21 Å². The van der Waals surface area contributed by atoms with Crippen molar-refractivity contribution in [2.24, 2.45) is 0 Å². The van der Waals surface area contributed by atoms with Crippen molar-refractivity contribution in [3.05, 3.63) is 9.77 Å². The van der Waals surface area contributed by atoms with Gasteiger partial charge in [-0.3, -0.25) is 0 Å². The van der Waals surface area contributed by atoms with Gasteiger partial charge >= 0.3 is 0 Å². The zero-order valence-electron chi connectivity index (χ0n) is 7.93. The van der Waals surface area contributed by atoms with Crippen molar-refractivity contribution in [3.63, 3.8) is 0 Å². The lowest BCUT2D eigenvalue weighted by molar-refractivity contribution is -0.0451. The smallest absolute Gasteiger partial charge is 0.205 e. The number of aromatic nitrogens is 2. The molecule has 0 amide bonds. The number of nitrogens with zero attached hydrogens (tertiary/aromatic N) is 2. The molecule has 2 unspecified atom stereocenters. The van der Waals surface area contributed by atoms with Crippen molar-refractivity contribution in [2.75, 3.05) is 6.61 Å². The molecule has 5 nitrogen and oxygen atoms in total. The predicted molar refractivity (Wildman–Crippen MR) is 62.8 cm³/mol. The number of ether oxygens (including phenoxy) is 1. The van der Waals surface area contributed by atoms with Gasteiger partial charge in [0.2, 0.25) is 11.1 Å². The molecule has 2 atom stereocenters. The quantitative estimate of drug-likeness (QED) is 0.657. The number of hydrogen-bond acceptors (Lipinski definition) is 3. The lowest BCUT2D eigenvalue weighted by Crippen LogP contribution is -2.21. The van der Waals surface area contributed by atoms with Gasteiger partial charge in [-0.25, -0.2) is 8.89 Å². The molecular formula is C8H11IN2O3S. The van der Waals surface area contributed by atoms with Crippen LogP contribution in [0.5, 0.6) is 0 Å². The molecule has 0 aromatic carbocycles. The third-order valence-electron chi connectivity index (χ3n) is 2.28. The molecule has 1 aromatic rings. The fourth-order valence-electron chi connectivity index (χ4n) is 1.60. The molecule has 1 N–H and O–H groups in total. The van der Waals surface area contributed by atoms with Gasteiger partial charge in [0.1, 0.15) is 3.70 Å². The summed E-state index contributed by atoms with van der Waals surface area (Å²) < 4.78 is 27.9. The monoisotopic (exact) mass is 342 g/mol. The molecule has 0 saturated carbocycles. The lowest BCUT2D eigenvalue weighted by Gasteiger charge is -2.23. The highest BCUT2D eigenvalue weighted by Crippen LogP contribution is 2.25. The maximum Gasteiger partial charge on any atom is 0.205 e. The second-order valence-corrected chi connectivity index (χ2v) is 5.34. The van der Waals surface area contributed by atoms with Crippen molar-refractivity contribution in [1.29, 1.82) is 0 Å². The van der Waals surface area contributed by atoms with E-state index in [4.69, 9.17) is 9.29 Å². The largest absolute Gasteiger partial charge is 0.356 e. The molecule has 0 radical (unpaired) electrons. The maximum absolute atomic E-state index is 11.1. The van der Waals surface area contributed by atoms with E-state index in [0.29, 0.717) is 15.3 Å². The summed E-state index contributed by atoms with van der Waals surface area (Å²) in [5, 5.41) is 4.49. The van der Waals surface area contributed by atoms with Crippen molar-refractivity contribution in [1.82, 2.24) is 9.78 Å². The number of rotatable bonds is 2. The average molecular weight is 342 g/mol. The van der Waals surface area contributed by atoms with Crippen LogP contribution < -0.4 is 0 Å². The van der Waals surface area contributed by atoms with E-state index >= 15 is 0 Å². The van der Waals surface area contributed by atoms with Crippen molar-refractivity contribution >= 4 is 33.7 Å². The van der Waals surface area contributed by atoms with Crippen LogP contribution in [-0.2, 0) is 15.8 Å². The molecule has 1 aliphatic rings. The average Bonchev–Trinajstić information content (AvgIpc) is 2.62. The van der Waals surface area contributed by atoms with Crippen molar-refractivity contribution in [2.45, 2.75) is 30.5 Å². The SMILES string of the molecule is O=S(O)c1cc(I)nn1C1CCCCO1. The minimum absolute atomic E-state index is 0.187. The molecule has 84 valence electrons. The number of halogens is 1. The second kappa shape index (κ2) is 4.89. The molecule has 1 aliphatic heterocycles. The van der Waals surface area contributed by atoms with Crippen LogP contribution in [0.15, 0.2) is 11.1 Å². The van der Waals surface area contributed by atoms with E-state index in [1.54, 1.807) is 6.07 Å². The first-order valence-electron chi connectivity index (χ1n) is 4.66. The molecule has 0 bridgehead atoms. The summed E-state index contributed by atoms with van der Waals surface area (Å²) in [6, 6.07) is 1.61. The summed E-state index contributed by atoms with van der Waals surface area (Å²) in [5.74, 6) is 0. The Kier molecular flexibility index (Phi) is 3.75. The summed E-state index contributed by atoms with van der Waals surface area (Å²) in [7, 11) is 0. The molecule has 7 heteroatoms. The Hall–Kier alpha value is 0.01000. The predicted octanol–water partition coefficient (Wildman–Crippen LogP) is 1.77. The van der Waals surface area contributed by atoms with Gasteiger partial charge in [-0.05, 0) is 41.9 Å². The maximum atomic E-state index is 11.1. The van der Waals surface area contributed by atoms with E-state index in [-0.39, 0.29) is 6.23 Å². The van der Waals surface area contributed by atoms with Crippen molar-refractivity contribution < 1.29 is 13.5 Å². The molecule has 0 spiro atoms. The summed E-state index contributed by atoms with van der Waals surface area (Å²) in [5.41, 5.74) is 0. The van der Waals surface area contributed by atoms with E-state index in [0.717, 1.165) is 19.3 Å². The first kappa shape index (κ1) is 11.5. The minimum Gasteiger partial charge on any atom is -0.356 e. The summed E-state index contributed by atoms with van der Waals surface area (Å²) in [4.78, 5) is 0. The third-order valence-corrected chi connectivity index (χ3v) is 3.47.